The fourth-order valence-electron chi connectivity index (χ4n) is 2.88. The first-order chi connectivity index (χ1) is 14.5. The highest BCUT2D eigenvalue weighted by molar-refractivity contribution is 7.10. The molecule has 0 atom stereocenters. The number of aromatic nitrogens is 1. The van der Waals surface area contributed by atoms with Crippen molar-refractivity contribution in [3.63, 3.8) is 0 Å². The third-order valence-corrected chi connectivity index (χ3v) is 5.28. The number of aromatic hydroxyl groups is 2. The van der Waals surface area contributed by atoms with Crippen molar-refractivity contribution < 1.29 is 20.1 Å². The number of para-hydroxylation sites is 2. The van der Waals surface area contributed by atoms with E-state index in [1.165, 1.54) is 29.5 Å². The number of hydrogen-bond donors (Lipinski definition) is 3. The lowest BCUT2D eigenvalue weighted by Gasteiger charge is -2.02. The summed E-state index contributed by atoms with van der Waals surface area (Å²) in [4.78, 5) is 25.3. The van der Waals surface area contributed by atoms with Gasteiger partial charge in [-0.1, -0.05) is 29.5 Å². The molecule has 0 unspecified atom stereocenters. The van der Waals surface area contributed by atoms with Crippen molar-refractivity contribution in [2.45, 2.75) is 6.54 Å². The molecule has 1 aliphatic rings. The van der Waals surface area contributed by atoms with E-state index < -0.39 is 5.97 Å². The zero-order chi connectivity index (χ0) is 21.3. The summed E-state index contributed by atoms with van der Waals surface area (Å²) in [7, 11) is 0. The maximum Gasteiger partial charge on any atom is 0.339 e. The predicted octanol–water partition coefficient (Wildman–Crippen LogP) is 2.33. The van der Waals surface area contributed by atoms with Crippen molar-refractivity contribution >= 4 is 29.1 Å². The molecule has 0 amide bonds. The Kier molecular flexibility index (Phi) is 5.03. The number of aromatic carboxylic acids is 1. The van der Waals surface area contributed by atoms with Crippen LogP contribution in [0.3, 0.4) is 0 Å². The standard InChI is InChI=1S/C21H16N4O4S/c1-2-9-25-19(27)17(11-18-23-14-5-3-4-6-15(14)24-18)30-21(25)22-12-7-8-13(20(28)29)16(26)10-12/h2-8,10-11,26-27H,1,9H2,(H,28,29). The van der Waals surface area contributed by atoms with E-state index in [-0.39, 0.29) is 17.2 Å². The molecule has 2 aromatic carbocycles. The highest BCUT2D eigenvalue weighted by Crippen LogP contribution is 2.27. The Morgan fingerprint density at radius 3 is 2.47 bits per heavy atom. The normalized spacial score (nSPS) is 12.8. The number of carboxylic acids is 1. The molecular weight excluding hydrogens is 404 g/mol. The quantitative estimate of drug-likeness (QED) is 0.549. The van der Waals surface area contributed by atoms with Crippen LogP contribution in [0.5, 0.6) is 11.6 Å². The first-order valence-electron chi connectivity index (χ1n) is 8.85. The van der Waals surface area contributed by atoms with E-state index in [4.69, 9.17) is 5.11 Å². The SMILES string of the molecule is C=CCn1c(O)c(C=C2N=c3ccccc3=N2)sc1=Nc1ccc(C(=O)O)c(O)c1. The first kappa shape index (κ1) is 19.3. The van der Waals surface area contributed by atoms with Crippen LogP contribution in [0, 0.1) is 0 Å². The number of carboxylic acid groups (broad SMARTS) is 1. The number of hydrogen-bond acceptors (Lipinski definition) is 7. The lowest BCUT2D eigenvalue weighted by atomic mass is 10.2. The van der Waals surface area contributed by atoms with Gasteiger partial charge in [-0.2, -0.15) is 0 Å². The van der Waals surface area contributed by atoms with Gasteiger partial charge in [0.25, 0.3) is 0 Å². The van der Waals surface area contributed by atoms with Gasteiger partial charge in [-0.05, 0) is 24.3 Å². The molecular formula is C21H16N4O4S. The van der Waals surface area contributed by atoms with Crippen LogP contribution in [0.2, 0.25) is 0 Å². The molecule has 9 heteroatoms. The van der Waals surface area contributed by atoms with Gasteiger partial charge in [0, 0.05) is 18.7 Å². The number of allylic oxidation sites excluding steroid dienone is 1. The van der Waals surface area contributed by atoms with E-state index in [9.17, 15) is 15.0 Å². The second-order valence-electron chi connectivity index (χ2n) is 6.31. The second-order valence-corrected chi connectivity index (χ2v) is 7.31. The summed E-state index contributed by atoms with van der Waals surface area (Å²) in [5.74, 6) is -1.16. The van der Waals surface area contributed by atoms with Crippen molar-refractivity contribution in [1.29, 1.82) is 0 Å². The van der Waals surface area contributed by atoms with E-state index in [1.807, 2.05) is 24.3 Å². The lowest BCUT2D eigenvalue weighted by molar-refractivity contribution is 0.0694. The van der Waals surface area contributed by atoms with E-state index in [1.54, 1.807) is 16.7 Å². The number of benzene rings is 2. The van der Waals surface area contributed by atoms with Crippen LogP contribution < -0.4 is 15.5 Å². The van der Waals surface area contributed by atoms with Crippen LogP contribution in [-0.2, 0) is 6.54 Å². The number of nitrogens with zero attached hydrogens (tertiary/aromatic N) is 4. The highest BCUT2D eigenvalue weighted by Gasteiger charge is 2.14. The fourth-order valence-corrected chi connectivity index (χ4v) is 3.87. The van der Waals surface area contributed by atoms with Gasteiger partial charge >= 0.3 is 5.97 Å². The molecule has 2 heterocycles. The molecule has 8 nitrogen and oxygen atoms in total. The molecule has 1 aromatic heterocycles. The zero-order valence-corrected chi connectivity index (χ0v) is 16.4. The number of thiazole rings is 1. The zero-order valence-electron chi connectivity index (χ0n) is 15.6. The molecule has 30 heavy (non-hydrogen) atoms. The summed E-state index contributed by atoms with van der Waals surface area (Å²) in [6.45, 7) is 4.01. The lowest BCUT2D eigenvalue weighted by Crippen LogP contribution is -2.19. The predicted molar refractivity (Wildman–Crippen MR) is 111 cm³/mol. The van der Waals surface area contributed by atoms with Crippen LogP contribution >= 0.6 is 11.3 Å². The summed E-state index contributed by atoms with van der Waals surface area (Å²) >= 11 is 1.21. The maximum absolute atomic E-state index is 11.1. The molecule has 0 radical (unpaired) electrons. The van der Waals surface area contributed by atoms with Gasteiger partial charge in [0.2, 0.25) is 5.88 Å². The molecule has 150 valence electrons. The monoisotopic (exact) mass is 420 g/mol. The van der Waals surface area contributed by atoms with E-state index >= 15 is 0 Å². The number of carbonyl (C=O) groups is 1. The molecule has 3 N–H and O–H groups in total. The van der Waals surface area contributed by atoms with Gasteiger partial charge in [0.1, 0.15) is 11.3 Å². The summed E-state index contributed by atoms with van der Waals surface area (Å²) < 4.78 is 1.55. The van der Waals surface area contributed by atoms with Crippen molar-refractivity contribution in [3.8, 4) is 11.6 Å². The molecule has 0 saturated heterocycles. The molecule has 0 bridgehead atoms. The smallest absolute Gasteiger partial charge is 0.339 e. The topological polar surface area (TPSA) is 120 Å². The van der Waals surface area contributed by atoms with E-state index in [0.717, 1.165) is 10.7 Å². The molecule has 3 aromatic rings. The number of fused-ring (bicyclic) bond motifs is 1. The van der Waals surface area contributed by atoms with Gasteiger partial charge in [-0.3, -0.25) is 4.57 Å². The Bertz CT molecular complexity index is 1360. The Morgan fingerprint density at radius 1 is 1.17 bits per heavy atom. The van der Waals surface area contributed by atoms with E-state index in [2.05, 4.69) is 21.6 Å². The first-order valence-corrected chi connectivity index (χ1v) is 9.66. The number of phenols is 1. The summed E-state index contributed by atoms with van der Waals surface area (Å²) in [5, 5.41) is 31.1. The summed E-state index contributed by atoms with van der Waals surface area (Å²) in [6.07, 6.45) is 3.29. The van der Waals surface area contributed by atoms with Crippen LogP contribution in [0.1, 0.15) is 15.2 Å². The maximum atomic E-state index is 11.1. The van der Waals surface area contributed by atoms with Gasteiger partial charge in [0.15, 0.2) is 10.6 Å². The van der Waals surface area contributed by atoms with Gasteiger partial charge in [-0.15, -0.1) is 6.58 Å². The minimum Gasteiger partial charge on any atom is -0.507 e. The molecule has 4 rings (SSSR count). The summed E-state index contributed by atoms with van der Waals surface area (Å²) in [6, 6.07) is 11.5. The minimum atomic E-state index is -1.23. The Balaban J connectivity index is 1.80. The van der Waals surface area contributed by atoms with Crippen molar-refractivity contribution in [2.75, 3.05) is 0 Å². The second kappa shape index (κ2) is 7.80. The average Bonchev–Trinajstić information content (AvgIpc) is 3.24. The fraction of sp³-hybridized carbons (Fsp3) is 0.0476. The van der Waals surface area contributed by atoms with Crippen LogP contribution in [0.15, 0.2) is 75.9 Å². The van der Waals surface area contributed by atoms with E-state index in [0.29, 0.717) is 27.7 Å². The van der Waals surface area contributed by atoms with Gasteiger partial charge < -0.3 is 15.3 Å². The Labute approximate surface area is 174 Å². The van der Waals surface area contributed by atoms with Crippen molar-refractivity contribution in [1.82, 2.24) is 4.57 Å². The Hall–Kier alpha value is -3.98. The molecule has 0 spiro atoms. The molecule has 0 saturated carbocycles. The average molecular weight is 420 g/mol. The van der Waals surface area contributed by atoms with Crippen molar-refractivity contribution in [2.24, 2.45) is 15.0 Å². The van der Waals surface area contributed by atoms with Gasteiger partial charge in [-0.25, -0.2) is 19.8 Å². The van der Waals surface area contributed by atoms with Crippen LogP contribution in [-0.4, -0.2) is 25.9 Å². The van der Waals surface area contributed by atoms with Gasteiger partial charge in [0.05, 0.1) is 21.3 Å². The minimum absolute atomic E-state index is 0.0149. The molecule has 0 fully saturated rings. The van der Waals surface area contributed by atoms with Crippen LogP contribution in [0.25, 0.3) is 6.08 Å². The Morgan fingerprint density at radius 2 is 1.87 bits per heavy atom. The molecule has 0 aliphatic carbocycles. The third kappa shape index (κ3) is 3.65. The third-order valence-electron chi connectivity index (χ3n) is 4.27. The van der Waals surface area contributed by atoms with Crippen LogP contribution in [0.4, 0.5) is 5.69 Å². The largest absolute Gasteiger partial charge is 0.507 e. The van der Waals surface area contributed by atoms with Crippen molar-refractivity contribution in [3.05, 3.63) is 86.9 Å². The highest BCUT2D eigenvalue weighted by atomic mass is 32.1. The summed E-state index contributed by atoms with van der Waals surface area (Å²) in [5.41, 5.74) is 0.134. The molecule has 1 aliphatic heterocycles. The number of rotatable bonds is 5.